The molecule has 0 heterocycles. The first kappa shape index (κ1) is 11.2. The first-order chi connectivity index (χ1) is 5.72. The Morgan fingerprint density at radius 2 is 2.25 bits per heavy atom. The molecular weight excluding hydrogens is 154 g/mol. The minimum Gasteiger partial charge on any atom is -0.464 e. The van der Waals surface area contributed by atoms with Gasteiger partial charge < -0.3 is 10.5 Å². The highest BCUT2D eigenvalue weighted by atomic mass is 16.5. The minimum atomic E-state index is -0.471. The first-order valence-corrected chi connectivity index (χ1v) is 4.14. The van der Waals surface area contributed by atoms with Gasteiger partial charge in [-0.25, -0.2) is 4.79 Å². The van der Waals surface area contributed by atoms with Crippen molar-refractivity contribution in [3.63, 3.8) is 0 Å². The van der Waals surface area contributed by atoms with Crippen LogP contribution in [0.2, 0.25) is 0 Å². The Kier molecular flexibility index (Phi) is 6.38. The average Bonchev–Trinajstić information content (AvgIpc) is 2.10. The number of hydrogen-bond acceptors (Lipinski definition) is 3. The van der Waals surface area contributed by atoms with Crippen molar-refractivity contribution < 1.29 is 9.53 Å². The van der Waals surface area contributed by atoms with Crippen molar-refractivity contribution in [1.29, 1.82) is 0 Å². The molecule has 0 fully saturated rings. The Bertz CT molecular complexity index is 145. The van der Waals surface area contributed by atoms with Gasteiger partial charge in [0.25, 0.3) is 0 Å². The molecular formula is C9H16NO2. The lowest BCUT2D eigenvalue weighted by Crippen LogP contribution is -2.21. The van der Waals surface area contributed by atoms with Gasteiger partial charge in [0.15, 0.2) is 6.04 Å². The number of carbonyl (C=O) groups is 1. The van der Waals surface area contributed by atoms with E-state index in [9.17, 15) is 4.79 Å². The zero-order valence-electron chi connectivity index (χ0n) is 7.51. The van der Waals surface area contributed by atoms with Crippen molar-refractivity contribution in [3.8, 4) is 0 Å². The molecule has 0 spiro atoms. The van der Waals surface area contributed by atoms with E-state index in [1.54, 1.807) is 0 Å². The fourth-order valence-electron chi connectivity index (χ4n) is 0.684. The molecule has 0 aliphatic rings. The van der Waals surface area contributed by atoms with Crippen molar-refractivity contribution in [1.82, 2.24) is 0 Å². The summed E-state index contributed by atoms with van der Waals surface area (Å²) in [6.07, 6.45) is 4.37. The summed E-state index contributed by atoms with van der Waals surface area (Å²) < 4.78 is 4.82. The lowest BCUT2D eigenvalue weighted by molar-refractivity contribution is -0.140. The number of nitrogens with two attached hydrogens (primary N) is 1. The summed E-state index contributed by atoms with van der Waals surface area (Å²) in [5, 5.41) is 0. The van der Waals surface area contributed by atoms with E-state index in [0.29, 0.717) is 6.61 Å². The molecule has 0 aromatic heterocycles. The van der Waals surface area contributed by atoms with Crippen LogP contribution in [0, 0.1) is 6.04 Å². The van der Waals surface area contributed by atoms with E-state index in [2.05, 4.69) is 13.5 Å². The zero-order valence-corrected chi connectivity index (χ0v) is 7.51. The van der Waals surface area contributed by atoms with Gasteiger partial charge in [0.2, 0.25) is 0 Å². The quantitative estimate of drug-likeness (QED) is 0.484. The molecule has 0 saturated carbocycles. The van der Waals surface area contributed by atoms with Crippen LogP contribution in [0.4, 0.5) is 0 Å². The van der Waals surface area contributed by atoms with E-state index in [1.807, 2.05) is 0 Å². The summed E-state index contributed by atoms with van der Waals surface area (Å²) in [4.78, 5) is 10.9. The molecule has 0 rings (SSSR count). The Balaban J connectivity index is 3.37. The standard InChI is InChI=1S/C9H16NO2/c1-3-5-6-7-12-9(11)8(10)4-2/h4H,2-3,5-7,10H2,1H3. The number of carbonyl (C=O) groups excluding carboxylic acids is 1. The number of rotatable bonds is 6. The van der Waals surface area contributed by atoms with Crippen LogP contribution in [0.15, 0.2) is 12.7 Å². The highest BCUT2D eigenvalue weighted by Gasteiger charge is 2.10. The maximum absolute atomic E-state index is 10.9. The molecule has 2 N–H and O–H groups in total. The van der Waals surface area contributed by atoms with Crippen molar-refractivity contribution in [2.24, 2.45) is 5.73 Å². The monoisotopic (exact) mass is 170 g/mol. The predicted octanol–water partition coefficient (Wildman–Crippen LogP) is 1.40. The lowest BCUT2D eigenvalue weighted by atomic mass is 10.3. The maximum Gasteiger partial charge on any atom is 0.333 e. The number of ether oxygens (including phenoxy) is 1. The van der Waals surface area contributed by atoms with Gasteiger partial charge in [-0.05, 0) is 6.42 Å². The van der Waals surface area contributed by atoms with Crippen LogP contribution in [0.3, 0.4) is 0 Å². The van der Waals surface area contributed by atoms with Crippen LogP contribution in [-0.4, -0.2) is 12.6 Å². The Labute approximate surface area is 73.6 Å². The molecule has 3 heteroatoms. The third-order valence-corrected chi connectivity index (χ3v) is 1.44. The van der Waals surface area contributed by atoms with E-state index < -0.39 is 5.97 Å². The highest BCUT2D eigenvalue weighted by molar-refractivity contribution is 5.86. The van der Waals surface area contributed by atoms with E-state index in [0.717, 1.165) is 19.3 Å². The maximum atomic E-state index is 10.9. The molecule has 0 unspecified atom stereocenters. The smallest absolute Gasteiger partial charge is 0.333 e. The van der Waals surface area contributed by atoms with Crippen molar-refractivity contribution in [2.45, 2.75) is 26.2 Å². The summed E-state index contributed by atoms with van der Waals surface area (Å²) in [5.41, 5.74) is 5.26. The first-order valence-electron chi connectivity index (χ1n) is 4.14. The molecule has 1 radical (unpaired) electrons. The number of unbranched alkanes of at least 4 members (excludes halogenated alkanes) is 2. The van der Waals surface area contributed by atoms with Gasteiger partial charge >= 0.3 is 5.97 Å². The topological polar surface area (TPSA) is 52.3 Å². The Hall–Kier alpha value is -0.830. The molecule has 69 valence electrons. The van der Waals surface area contributed by atoms with Gasteiger partial charge in [0, 0.05) is 0 Å². The minimum absolute atomic E-state index is 0.0755. The largest absolute Gasteiger partial charge is 0.464 e. The van der Waals surface area contributed by atoms with Crippen LogP contribution in [0.1, 0.15) is 26.2 Å². The molecule has 0 bridgehead atoms. The second kappa shape index (κ2) is 6.85. The molecule has 3 nitrogen and oxygen atoms in total. The second-order valence-electron chi connectivity index (χ2n) is 2.50. The Morgan fingerprint density at radius 1 is 1.58 bits per heavy atom. The van der Waals surface area contributed by atoms with Crippen LogP contribution in [-0.2, 0) is 9.53 Å². The van der Waals surface area contributed by atoms with E-state index in [-0.39, 0.29) is 6.04 Å². The van der Waals surface area contributed by atoms with E-state index in [1.165, 1.54) is 6.08 Å². The molecule has 0 aliphatic carbocycles. The van der Waals surface area contributed by atoms with E-state index in [4.69, 9.17) is 10.5 Å². The van der Waals surface area contributed by atoms with Crippen LogP contribution >= 0.6 is 0 Å². The lowest BCUT2D eigenvalue weighted by Gasteiger charge is -2.05. The molecule has 12 heavy (non-hydrogen) atoms. The summed E-state index contributed by atoms with van der Waals surface area (Å²) in [7, 11) is 0. The molecule has 0 aromatic rings. The van der Waals surface area contributed by atoms with Gasteiger partial charge in [-0.2, -0.15) is 0 Å². The normalized spacial score (nSPS) is 9.92. The highest BCUT2D eigenvalue weighted by Crippen LogP contribution is 1.98. The molecule has 0 atom stereocenters. The van der Waals surface area contributed by atoms with Crippen molar-refractivity contribution >= 4 is 5.97 Å². The van der Waals surface area contributed by atoms with Crippen molar-refractivity contribution in [3.05, 3.63) is 18.7 Å². The zero-order chi connectivity index (χ0) is 9.40. The summed E-state index contributed by atoms with van der Waals surface area (Å²) in [6.45, 7) is 5.90. The second-order valence-corrected chi connectivity index (χ2v) is 2.50. The molecule has 0 amide bonds. The fourth-order valence-corrected chi connectivity index (χ4v) is 0.684. The van der Waals surface area contributed by atoms with Crippen LogP contribution in [0.25, 0.3) is 0 Å². The number of esters is 1. The molecule has 0 saturated heterocycles. The summed E-state index contributed by atoms with van der Waals surface area (Å²) >= 11 is 0. The predicted molar refractivity (Wildman–Crippen MR) is 48.1 cm³/mol. The van der Waals surface area contributed by atoms with Gasteiger partial charge in [-0.3, -0.25) is 0 Å². The SMILES string of the molecule is C=C[C](N)C(=O)OCCCCC. The summed E-state index contributed by atoms with van der Waals surface area (Å²) in [6, 6.07) is 0.0755. The average molecular weight is 170 g/mol. The van der Waals surface area contributed by atoms with Gasteiger partial charge in [0.1, 0.15) is 0 Å². The number of hydrogen-bond donors (Lipinski definition) is 1. The third kappa shape index (κ3) is 4.91. The van der Waals surface area contributed by atoms with Crippen LogP contribution < -0.4 is 5.73 Å². The fraction of sp³-hybridized carbons (Fsp3) is 0.556. The Morgan fingerprint density at radius 3 is 2.75 bits per heavy atom. The third-order valence-electron chi connectivity index (χ3n) is 1.44. The van der Waals surface area contributed by atoms with Gasteiger partial charge in [-0.15, -0.1) is 6.58 Å². The molecule has 0 aliphatic heterocycles. The summed E-state index contributed by atoms with van der Waals surface area (Å²) in [5.74, 6) is -0.471. The molecule has 0 aromatic carbocycles. The van der Waals surface area contributed by atoms with Gasteiger partial charge in [-0.1, -0.05) is 25.8 Å². The van der Waals surface area contributed by atoms with E-state index >= 15 is 0 Å². The van der Waals surface area contributed by atoms with Crippen molar-refractivity contribution in [2.75, 3.05) is 6.61 Å². The van der Waals surface area contributed by atoms with Crippen LogP contribution in [0.5, 0.6) is 0 Å². The van der Waals surface area contributed by atoms with Gasteiger partial charge in [0.05, 0.1) is 6.61 Å².